The van der Waals surface area contributed by atoms with Gasteiger partial charge in [0.25, 0.3) is 0 Å². The van der Waals surface area contributed by atoms with Crippen LogP contribution in [0.4, 0.5) is 0 Å². The Kier molecular flexibility index (Phi) is 4.77. The minimum absolute atomic E-state index is 0.0584. The lowest BCUT2D eigenvalue weighted by atomic mass is 9.86. The fourth-order valence-electron chi connectivity index (χ4n) is 3.42. The highest BCUT2D eigenvalue weighted by molar-refractivity contribution is 8.02. The summed E-state index contributed by atoms with van der Waals surface area (Å²) in [5.74, 6) is 1.55. The van der Waals surface area contributed by atoms with Gasteiger partial charge < -0.3 is 9.32 Å². The molecule has 1 unspecified atom stereocenters. The normalized spacial score (nSPS) is 22.9. The van der Waals surface area contributed by atoms with Crippen LogP contribution in [-0.2, 0) is 11.3 Å². The first-order valence-electron chi connectivity index (χ1n) is 8.34. The Hall–Kier alpha value is -2.20. The Morgan fingerprint density at radius 3 is 2.85 bits per heavy atom. The summed E-state index contributed by atoms with van der Waals surface area (Å²) in [5.41, 5.74) is 1.63. The second kappa shape index (κ2) is 7.20. The van der Waals surface area contributed by atoms with E-state index in [1.807, 2.05) is 24.3 Å². The lowest BCUT2D eigenvalue weighted by molar-refractivity contribution is -0.911. The van der Waals surface area contributed by atoms with E-state index >= 15 is 0 Å². The zero-order valence-electron chi connectivity index (χ0n) is 13.9. The Morgan fingerprint density at radius 2 is 2.15 bits per heavy atom. The Balaban J connectivity index is 1.60. The topological polar surface area (TPSA) is 61.7 Å². The van der Waals surface area contributed by atoms with Gasteiger partial charge in [0, 0.05) is 17.4 Å². The molecule has 1 amide bonds. The highest BCUT2D eigenvalue weighted by Gasteiger charge is 2.39. The van der Waals surface area contributed by atoms with Crippen molar-refractivity contribution in [3.63, 3.8) is 0 Å². The van der Waals surface area contributed by atoms with Crippen molar-refractivity contribution in [3.8, 4) is 6.07 Å². The number of thioether (sulfide) groups is 1. The highest BCUT2D eigenvalue weighted by atomic mass is 35.5. The number of halogens is 1. The lowest BCUT2D eigenvalue weighted by Gasteiger charge is -2.38. The number of hydrogen-bond donors (Lipinski definition) is 1. The van der Waals surface area contributed by atoms with Gasteiger partial charge in [-0.1, -0.05) is 23.7 Å². The molecule has 1 fully saturated rings. The number of benzene rings is 1. The number of nitrogens with one attached hydrogen (secondary N) is 1. The number of allylic oxidation sites excluding steroid dienone is 1. The molecule has 0 saturated carbocycles. The zero-order valence-corrected chi connectivity index (χ0v) is 15.5. The highest BCUT2D eigenvalue weighted by Crippen LogP contribution is 2.40. The van der Waals surface area contributed by atoms with Gasteiger partial charge in [0.2, 0.25) is 5.91 Å². The molecule has 26 heavy (non-hydrogen) atoms. The summed E-state index contributed by atoms with van der Waals surface area (Å²) in [6.07, 6.45) is 1.97. The van der Waals surface area contributed by atoms with Crippen molar-refractivity contribution in [2.75, 3.05) is 12.5 Å². The summed E-state index contributed by atoms with van der Waals surface area (Å²) in [6, 6.07) is 13.6. The van der Waals surface area contributed by atoms with Crippen LogP contribution in [0.5, 0.6) is 0 Å². The second-order valence-corrected chi connectivity index (χ2v) is 7.81. The molecule has 7 heteroatoms. The van der Waals surface area contributed by atoms with Crippen LogP contribution in [0.3, 0.4) is 0 Å². The molecule has 1 N–H and O–H groups in total. The molecule has 0 aliphatic carbocycles. The summed E-state index contributed by atoms with van der Waals surface area (Å²) in [4.78, 5) is 15.8. The molecular weight excluding hydrogens is 370 g/mol. The quantitative estimate of drug-likeness (QED) is 0.881. The summed E-state index contributed by atoms with van der Waals surface area (Å²) in [6.45, 7) is 1.28. The average Bonchev–Trinajstić information content (AvgIpc) is 3.15. The van der Waals surface area contributed by atoms with E-state index in [2.05, 4.69) is 6.07 Å². The number of amides is 1. The molecule has 1 aromatic carbocycles. The molecule has 2 aromatic rings. The Bertz CT molecular complexity index is 887. The van der Waals surface area contributed by atoms with Gasteiger partial charge in [-0.2, -0.15) is 5.26 Å². The number of furan rings is 1. The smallest absolute Gasteiger partial charge is 0.232 e. The lowest BCUT2D eigenvalue weighted by Crippen LogP contribution is -3.12. The number of rotatable bonds is 3. The predicted octanol–water partition coefficient (Wildman–Crippen LogP) is 2.73. The largest absolute Gasteiger partial charge is 0.463 e. The minimum atomic E-state index is -0.199. The van der Waals surface area contributed by atoms with E-state index in [1.165, 1.54) is 4.90 Å². The van der Waals surface area contributed by atoms with Gasteiger partial charge in [0.1, 0.15) is 17.5 Å². The molecule has 2 aliphatic heterocycles. The molecule has 3 heterocycles. The molecule has 1 saturated heterocycles. The van der Waals surface area contributed by atoms with E-state index in [0.717, 1.165) is 28.8 Å². The van der Waals surface area contributed by atoms with Crippen molar-refractivity contribution in [3.05, 3.63) is 69.6 Å². The number of fused-ring (bicyclic) bond motifs is 1. The van der Waals surface area contributed by atoms with Crippen molar-refractivity contribution in [1.82, 2.24) is 4.90 Å². The van der Waals surface area contributed by atoms with Crippen molar-refractivity contribution < 1.29 is 14.1 Å². The predicted molar refractivity (Wildman–Crippen MR) is 99.0 cm³/mol. The standard InChI is InChI=1S/C19H16ClN3O2S/c20-14-5-3-13(4-6-14)16-8-18(24)23-11-22(10-15-2-1-7-25-15)12-26-19(23)17(16)9-21/h1-7,16H,8,10-12H2/p+1/t16-/m0/s1. The van der Waals surface area contributed by atoms with Crippen LogP contribution in [0.25, 0.3) is 0 Å². The van der Waals surface area contributed by atoms with Crippen LogP contribution >= 0.6 is 23.4 Å². The van der Waals surface area contributed by atoms with E-state index in [0.29, 0.717) is 23.7 Å². The third kappa shape index (κ3) is 3.26. The average molecular weight is 387 g/mol. The van der Waals surface area contributed by atoms with Crippen LogP contribution < -0.4 is 4.90 Å². The summed E-state index contributed by atoms with van der Waals surface area (Å²) in [5, 5.41) is 11.2. The summed E-state index contributed by atoms with van der Waals surface area (Å²) >= 11 is 7.54. The van der Waals surface area contributed by atoms with Crippen LogP contribution in [0.15, 0.2) is 57.7 Å². The van der Waals surface area contributed by atoms with Crippen molar-refractivity contribution in [2.45, 2.75) is 18.9 Å². The second-order valence-electron chi connectivity index (χ2n) is 6.41. The van der Waals surface area contributed by atoms with Gasteiger partial charge in [0.05, 0.1) is 17.9 Å². The third-order valence-corrected chi connectivity index (χ3v) is 6.21. The Labute approximate surface area is 160 Å². The number of hydrogen-bond acceptors (Lipinski definition) is 4. The Morgan fingerprint density at radius 1 is 1.35 bits per heavy atom. The number of carbonyl (C=O) groups is 1. The minimum Gasteiger partial charge on any atom is -0.463 e. The fraction of sp³-hybridized carbons (Fsp3) is 0.263. The first-order valence-corrected chi connectivity index (χ1v) is 9.71. The number of quaternary nitrogens is 1. The van der Waals surface area contributed by atoms with Gasteiger partial charge in [-0.05, 0) is 41.6 Å². The molecule has 0 spiro atoms. The van der Waals surface area contributed by atoms with Crippen molar-refractivity contribution in [1.29, 1.82) is 5.26 Å². The van der Waals surface area contributed by atoms with Gasteiger partial charge in [-0.15, -0.1) is 0 Å². The molecule has 4 rings (SSSR count). The SMILES string of the molecule is N#CC1=C2SC[NH+](Cc3ccco3)CN2C(=O)C[C@H]1c1ccc(Cl)cc1. The maximum atomic E-state index is 12.8. The van der Waals surface area contributed by atoms with E-state index in [-0.39, 0.29) is 11.8 Å². The van der Waals surface area contributed by atoms with Crippen LogP contribution in [0.1, 0.15) is 23.7 Å². The molecule has 1 aromatic heterocycles. The summed E-state index contributed by atoms with van der Waals surface area (Å²) < 4.78 is 5.42. The monoisotopic (exact) mass is 386 g/mol. The van der Waals surface area contributed by atoms with E-state index in [4.69, 9.17) is 16.0 Å². The first-order chi connectivity index (χ1) is 12.7. The number of nitriles is 1. The van der Waals surface area contributed by atoms with Crippen molar-refractivity contribution in [2.24, 2.45) is 0 Å². The molecular formula is C19H17ClN3O2S+. The maximum Gasteiger partial charge on any atom is 0.232 e. The van der Waals surface area contributed by atoms with Gasteiger partial charge in [0.15, 0.2) is 12.4 Å². The van der Waals surface area contributed by atoms with E-state index in [9.17, 15) is 10.1 Å². The van der Waals surface area contributed by atoms with Crippen LogP contribution in [0.2, 0.25) is 5.02 Å². The van der Waals surface area contributed by atoms with Crippen molar-refractivity contribution >= 4 is 29.3 Å². The molecule has 5 nitrogen and oxygen atoms in total. The number of carbonyl (C=O) groups excluding carboxylic acids is 1. The van der Waals surface area contributed by atoms with E-state index < -0.39 is 0 Å². The molecule has 0 bridgehead atoms. The maximum absolute atomic E-state index is 12.8. The van der Waals surface area contributed by atoms with E-state index in [1.54, 1.807) is 35.1 Å². The molecule has 132 valence electrons. The molecule has 2 atom stereocenters. The van der Waals surface area contributed by atoms with Crippen LogP contribution in [0, 0.1) is 11.3 Å². The van der Waals surface area contributed by atoms with Gasteiger partial charge in [-0.3, -0.25) is 9.69 Å². The molecule has 2 aliphatic rings. The molecule has 0 radical (unpaired) electrons. The van der Waals surface area contributed by atoms with Crippen LogP contribution in [-0.4, -0.2) is 23.4 Å². The zero-order chi connectivity index (χ0) is 18.1. The first kappa shape index (κ1) is 17.2. The van der Waals surface area contributed by atoms with Gasteiger partial charge in [-0.25, -0.2) is 0 Å². The summed E-state index contributed by atoms with van der Waals surface area (Å²) in [7, 11) is 0. The third-order valence-electron chi connectivity index (χ3n) is 4.70. The number of nitrogens with zero attached hydrogens (tertiary/aromatic N) is 2. The van der Waals surface area contributed by atoms with Gasteiger partial charge >= 0.3 is 0 Å². The fourth-order valence-corrected chi connectivity index (χ4v) is 4.75.